The Morgan fingerprint density at radius 1 is 1.43 bits per heavy atom. The van der Waals surface area contributed by atoms with E-state index in [9.17, 15) is 4.79 Å². The van der Waals surface area contributed by atoms with Gasteiger partial charge in [-0.1, -0.05) is 6.92 Å². The predicted octanol–water partition coefficient (Wildman–Crippen LogP) is 2.32. The number of rotatable bonds is 6. The number of ether oxygens (including phenoxy) is 1. The van der Waals surface area contributed by atoms with Crippen LogP contribution in [0.4, 0.5) is 5.82 Å². The van der Waals surface area contributed by atoms with Crippen molar-refractivity contribution in [1.29, 1.82) is 0 Å². The van der Waals surface area contributed by atoms with E-state index in [1.54, 1.807) is 6.07 Å². The SMILES string of the molecule is COC(=O)c1ccc(NCC(C)CN2CCCC2)nc1C. The zero-order valence-electron chi connectivity index (χ0n) is 13.2. The van der Waals surface area contributed by atoms with E-state index in [0.717, 1.165) is 18.9 Å². The molecule has 1 aliphatic heterocycles. The Hall–Kier alpha value is -1.62. The Balaban J connectivity index is 1.85. The molecule has 1 N–H and O–H groups in total. The Morgan fingerprint density at radius 3 is 2.76 bits per heavy atom. The summed E-state index contributed by atoms with van der Waals surface area (Å²) in [6.07, 6.45) is 2.66. The molecule has 116 valence electrons. The second-order valence-corrected chi connectivity index (χ2v) is 5.81. The number of esters is 1. The van der Waals surface area contributed by atoms with E-state index in [2.05, 4.69) is 22.1 Å². The van der Waals surface area contributed by atoms with Gasteiger partial charge >= 0.3 is 5.97 Å². The van der Waals surface area contributed by atoms with E-state index in [0.29, 0.717) is 17.2 Å². The minimum Gasteiger partial charge on any atom is -0.465 e. The number of pyridine rings is 1. The van der Waals surface area contributed by atoms with Crippen LogP contribution in [0.2, 0.25) is 0 Å². The maximum Gasteiger partial charge on any atom is 0.339 e. The molecule has 0 amide bonds. The fraction of sp³-hybridized carbons (Fsp3) is 0.625. The molecule has 5 nitrogen and oxygen atoms in total. The third-order valence-electron chi connectivity index (χ3n) is 3.89. The lowest BCUT2D eigenvalue weighted by Gasteiger charge is -2.20. The lowest BCUT2D eigenvalue weighted by Crippen LogP contribution is -2.29. The first-order valence-corrected chi connectivity index (χ1v) is 7.62. The van der Waals surface area contributed by atoms with E-state index in [1.165, 1.54) is 33.0 Å². The minimum absolute atomic E-state index is 0.339. The van der Waals surface area contributed by atoms with Crippen LogP contribution in [0.5, 0.6) is 0 Å². The van der Waals surface area contributed by atoms with Crippen LogP contribution in [0.1, 0.15) is 35.8 Å². The highest BCUT2D eigenvalue weighted by Crippen LogP contribution is 2.13. The van der Waals surface area contributed by atoms with Gasteiger partial charge in [0.2, 0.25) is 0 Å². The maximum absolute atomic E-state index is 11.5. The molecule has 0 radical (unpaired) electrons. The number of likely N-dealkylation sites (tertiary alicyclic amines) is 1. The van der Waals surface area contributed by atoms with Crippen molar-refractivity contribution in [2.45, 2.75) is 26.7 Å². The van der Waals surface area contributed by atoms with Crippen LogP contribution in [0.25, 0.3) is 0 Å². The Labute approximate surface area is 126 Å². The van der Waals surface area contributed by atoms with Crippen molar-refractivity contribution in [1.82, 2.24) is 9.88 Å². The number of nitrogens with zero attached hydrogens (tertiary/aromatic N) is 2. The van der Waals surface area contributed by atoms with E-state index < -0.39 is 0 Å². The van der Waals surface area contributed by atoms with Gasteiger partial charge in [0, 0.05) is 13.1 Å². The molecule has 0 spiro atoms. The highest BCUT2D eigenvalue weighted by Gasteiger charge is 2.15. The number of aromatic nitrogens is 1. The Kier molecular flexibility index (Phi) is 5.56. The molecule has 0 aromatic carbocycles. The van der Waals surface area contributed by atoms with Crippen LogP contribution in [0, 0.1) is 12.8 Å². The highest BCUT2D eigenvalue weighted by atomic mass is 16.5. The van der Waals surface area contributed by atoms with Crippen molar-refractivity contribution >= 4 is 11.8 Å². The van der Waals surface area contributed by atoms with Crippen LogP contribution >= 0.6 is 0 Å². The molecule has 1 aromatic rings. The van der Waals surface area contributed by atoms with Gasteiger partial charge in [0.25, 0.3) is 0 Å². The van der Waals surface area contributed by atoms with Crippen molar-refractivity contribution in [3.8, 4) is 0 Å². The number of nitrogens with one attached hydrogen (secondary N) is 1. The number of hydrogen-bond donors (Lipinski definition) is 1. The summed E-state index contributed by atoms with van der Waals surface area (Å²) in [5.74, 6) is 1.05. The second-order valence-electron chi connectivity index (χ2n) is 5.81. The van der Waals surface area contributed by atoms with Crippen LogP contribution < -0.4 is 5.32 Å². The summed E-state index contributed by atoms with van der Waals surface area (Å²) in [7, 11) is 1.38. The largest absolute Gasteiger partial charge is 0.465 e. The molecule has 2 rings (SSSR count). The fourth-order valence-corrected chi connectivity index (χ4v) is 2.73. The second kappa shape index (κ2) is 7.41. The van der Waals surface area contributed by atoms with E-state index in [1.807, 2.05) is 13.0 Å². The number of methoxy groups -OCH3 is 1. The van der Waals surface area contributed by atoms with Gasteiger partial charge in [0.1, 0.15) is 5.82 Å². The third-order valence-corrected chi connectivity index (χ3v) is 3.89. The highest BCUT2D eigenvalue weighted by molar-refractivity contribution is 5.90. The summed E-state index contributed by atoms with van der Waals surface area (Å²) in [6.45, 7) is 8.56. The quantitative estimate of drug-likeness (QED) is 0.815. The molecule has 0 aliphatic carbocycles. The van der Waals surface area contributed by atoms with Crippen molar-refractivity contribution in [3.05, 3.63) is 23.4 Å². The monoisotopic (exact) mass is 291 g/mol. The van der Waals surface area contributed by atoms with Gasteiger partial charge in [0.05, 0.1) is 18.4 Å². The molecule has 21 heavy (non-hydrogen) atoms. The minimum atomic E-state index is -0.339. The van der Waals surface area contributed by atoms with Crippen LogP contribution in [0.15, 0.2) is 12.1 Å². The summed E-state index contributed by atoms with van der Waals surface area (Å²) in [4.78, 5) is 18.5. The van der Waals surface area contributed by atoms with Gasteiger partial charge in [-0.15, -0.1) is 0 Å². The first kappa shape index (κ1) is 15.8. The molecule has 0 saturated carbocycles. The molecule has 5 heteroatoms. The molecule has 1 fully saturated rings. The number of hydrogen-bond acceptors (Lipinski definition) is 5. The molecule has 1 atom stereocenters. The maximum atomic E-state index is 11.5. The lowest BCUT2D eigenvalue weighted by atomic mass is 10.1. The molecule has 1 saturated heterocycles. The van der Waals surface area contributed by atoms with E-state index in [4.69, 9.17) is 4.74 Å². The van der Waals surface area contributed by atoms with E-state index in [-0.39, 0.29) is 5.97 Å². The van der Waals surface area contributed by atoms with Crippen LogP contribution in [-0.2, 0) is 4.74 Å². The van der Waals surface area contributed by atoms with Gasteiger partial charge in [-0.25, -0.2) is 9.78 Å². The van der Waals surface area contributed by atoms with Crippen molar-refractivity contribution in [2.24, 2.45) is 5.92 Å². The van der Waals surface area contributed by atoms with Gasteiger partial charge in [-0.2, -0.15) is 0 Å². The molecule has 1 aliphatic rings. The molecule has 1 unspecified atom stereocenters. The molecule has 2 heterocycles. The van der Waals surface area contributed by atoms with E-state index >= 15 is 0 Å². The average molecular weight is 291 g/mol. The molecular weight excluding hydrogens is 266 g/mol. The van der Waals surface area contributed by atoms with Crippen molar-refractivity contribution in [3.63, 3.8) is 0 Å². The van der Waals surface area contributed by atoms with Gasteiger partial charge in [-0.3, -0.25) is 0 Å². The Bertz CT molecular complexity index is 484. The Morgan fingerprint density at radius 2 is 2.14 bits per heavy atom. The number of aryl methyl sites for hydroxylation is 1. The van der Waals surface area contributed by atoms with Crippen molar-refractivity contribution in [2.75, 3.05) is 38.6 Å². The third kappa shape index (κ3) is 4.43. The zero-order valence-corrected chi connectivity index (χ0v) is 13.2. The van der Waals surface area contributed by atoms with Gasteiger partial charge in [0.15, 0.2) is 0 Å². The first-order chi connectivity index (χ1) is 10.1. The predicted molar refractivity (Wildman–Crippen MR) is 83.6 cm³/mol. The summed E-state index contributed by atoms with van der Waals surface area (Å²) < 4.78 is 4.72. The van der Waals surface area contributed by atoms with Gasteiger partial charge in [-0.05, 0) is 50.9 Å². The first-order valence-electron chi connectivity index (χ1n) is 7.62. The average Bonchev–Trinajstić information content (AvgIpc) is 2.97. The molecular formula is C16H25N3O2. The summed E-state index contributed by atoms with van der Waals surface area (Å²) >= 11 is 0. The smallest absolute Gasteiger partial charge is 0.339 e. The van der Waals surface area contributed by atoms with Crippen LogP contribution in [0.3, 0.4) is 0 Å². The van der Waals surface area contributed by atoms with Crippen molar-refractivity contribution < 1.29 is 9.53 Å². The van der Waals surface area contributed by atoms with Gasteiger partial charge < -0.3 is 15.0 Å². The molecule has 1 aromatic heterocycles. The number of carbonyl (C=O) groups is 1. The summed E-state index contributed by atoms with van der Waals surface area (Å²) in [5.41, 5.74) is 1.22. The summed E-state index contributed by atoms with van der Waals surface area (Å²) in [6, 6.07) is 3.60. The topological polar surface area (TPSA) is 54.5 Å². The normalized spacial score (nSPS) is 16.7. The zero-order chi connectivity index (χ0) is 15.2. The summed E-state index contributed by atoms with van der Waals surface area (Å²) in [5, 5.41) is 3.35. The number of anilines is 1. The number of carbonyl (C=O) groups excluding carboxylic acids is 1. The lowest BCUT2D eigenvalue weighted by molar-refractivity contribution is 0.0599. The fourth-order valence-electron chi connectivity index (χ4n) is 2.73. The molecule has 0 bridgehead atoms. The standard InChI is InChI=1S/C16H25N3O2/c1-12(11-19-8-4-5-9-19)10-17-15-7-6-14(13(2)18-15)16(20)21-3/h6-7,12H,4-5,8-11H2,1-3H3,(H,17,18). The van der Waals surface area contributed by atoms with Crippen LogP contribution in [-0.4, -0.2) is 49.1 Å².